The molecule has 1 unspecified atom stereocenters. The molecule has 2 fully saturated rings. The summed E-state index contributed by atoms with van der Waals surface area (Å²) >= 11 is 0. The zero-order valence-electron chi connectivity index (χ0n) is 14.8. The van der Waals surface area contributed by atoms with Crippen molar-refractivity contribution < 1.29 is 14.3 Å². The number of rotatable bonds is 7. The normalized spacial score (nSPS) is 32.1. The second-order valence-corrected chi connectivity index (χ2v) is 8.09. The van der Waals surface area contributed by atoms with Crippen molar-refractivity contribution in [1.29, 1.82) is 0 Å². The van der Waals surface area contributed by atoms with Crippen molar-refractivity contribution in [2.24, 2.45) is 17.1 Å². The number of hydrogen-bond donors (Lipinski definition) is 2. The molecule has 1 aromatic rings. The van der Waals surface area contributed by atoms with Gasteiger partial charge in [0.25, 0.3) is 0 Å². The average molecular weight is 335 g/mol. The molecule has 3 N–H and O–H groups in total. The lowest BCUT2D eigenvalue weighted by Gasteiger charge is -2.45. The van der Waals surface area contributed by atoms with Gasteiger partial charge >= 0.3 is 0 Å². The van der Waals surface area contributed by atoms with Crippen molar-refractivity contribution in [3.8, 4) is 0 Å². The molecule has 0 saturated heterocycles. The summed E-state index contributed by atoms with van der Waals surface area (Å²) in [5, 5.41) is 8.98. The molecular weight excluding hydrogens is 302 g/mol. The number of ether oxygens (including phenoxy) is 1. The molecule has 0 amide bonds. The van der Waals surface area contributed by atoms with Crippen LogP contribution in [0, 0.1) is 11.3 Å². The highest BCUT2D eigenvalue weighted by molar-refractivity contribution is 5.05. The Kier molecular flexibility index (Phi) is 6.37. The van der Waals surface area contributed by atoms with Crippen LogP contribution in [0.1, 0.15) is 63.4 Å². The Morgan fingerprint density at radius 2 is 1.92 bits per heavy atom. The molecule has 2 aliphatic carbocycles. The molecule has 3 rings (SSSR count). The fourth-order valence-electron chi connectivity index (χ4n) is 4.57. The van der Waals surface area contributed by atoms with Crippen LogP contribution in [0.4, 0.5) is 0 Å². The van der Waals surface area contributed by atoms with Crippen LogP contribution < -0.4 is 5.73 Å². The maximum absolute atomic E-state index is 8.98. The highest BCUT2D eigenvalue weighted by atomic mass is 16.5. The summed E-state index contributed by atoms with van der Waals surface area (Å²) in [7, 11) is 0. The lowest BCUT2D eigenvalue weighted by atomic mass is 9.62. The van der Waals surface area contributed by atoms with Gasteiger partial charge in [-0.25, -0.2) is 0 Å². The molecule has 2 saturated carbocycles. The summed E-state index contributed by atoms with van der Waals surface area (Å²) in [6.45, 7) is 0.501. The van der Waals surface area contributed by atoms with Crippen LogP contribution in [0.15, 0.2) is 23.0 Å². The smallest absolute Gasteiger partial charge is 0.0934 e. The minimum Gasteiger partial charge on any atom is -0.472 e. The fourth-order valence-corrected chi connectivity index (χ4v) is 4.57. The lowest BCUT2D eigenvalue weighted by Crippen LogP contribution is -2.37. The van der Waals surface area contributed by atoms with Gasteiger partial charge < -0.3 is 20.0 Å². The number of aliphatic hydroxyl groups is 1. The van der Waals surface area contributed by atoms with E-state index in [1.807, 2.05) is 6.26 Å². The number of nitrogens with two attached hydrogens (primary N) is 1. The van der Waals surface area contributed by atoms with Crippen LogP contribution in [-0.2, 0) is 11.2 Å². The SMILES string of the molecule is NC(CO)COC1CCC2(CCC(CCc3ccoc3)CC2)CC1. The molecule has 4 nitrogen and oxygen atoms in total. The molecule has 1 heterocycles. The Bertz CT molecular complexity index is 455. The van der Waals surface area contributed by atoms with Gasteiger partial charge in [0.2, 0.25) is 0 Å². The van der Waals surface area contributed by atoms with E-state index in [4.69, 9.17) is 20.0 Å². The Hall–Kier alpha value is -0.840. The van der Waals surface area contributed by atoms with Crippen molar-refractivity contribution in [1.82, 2.24) is 0 Å². The molecule has 4 heteroatoms. The minimum absolute atomic E-state index is 0.0108. The molecule has 0 radical (unpaired) electrons. The van der Waals surface area contributed by atoms with E-state index < -0.39 is 0 Å². The lowest BCUT2D eigenvalue weighted by molar-refractivity contribution is -0.0267. The summed E-state index contributed by atoms with van der Waals surface area (Å²) in [6.07, 6.45) is 17.0. The largest absolute Gasteiger partial charge is 0.472 e. The Balaban J connectivity index is 1.35. The first-order valence-electron chi connectivity index (χ1n) is 9.68. The highest BCUT2D eigenvalue weighted by Gasteiger charge is 2.38. The molecule has 0 bridgehead atoms. The number of aryl methyl sites for hydroxylation is 1. The van der Waals surface area contributed by atoms with Gasteiger partial charge in [-0.2, -0.15) is 0 Å². The topological polar surface area (TPSA) is 68.6 Å². The van der Waals surface area contributed by atoms with Crippen LogP contribution >= 0.6 is 0 Å². The van der Waals surface area contributed by atoms with E-state index in [1.165, 1.54) is 50.5 Å². The molecule has 0 aromatic carbocycles. The van der Waals surface area contributed by atoms with E-state index >= 15 is 0 Å². The second-order valence-electron chi connectivity index (χ2n) is 8.09. The predicted octanol–water partition coefficient (Wildman–Crippen LogP) is 3.67. The molecule has 24 heavy (non-hydrogen) atoms. The fraction of sp³-hybridized carbons (Fsp3) is 0.800. The van der Waals surface area contributed by atoms with Crippen LogP contribution in [-0.4, -0.2) is 30.5 Å². The first kappa shape index (κ1) is 18.0. The summed E-state index contributed by atoms with van der Waals surface area (Å²) in [6, 6.07) is 1.86. The van der Waals surface area contributed by atoms with Gasteiger partial charge in [-0.15, -0.1) is 0 Å². The Morgan fingerprint density at radius 3 is 2.54 bits per heavy atom. The van der Waals surface area contributed by atoms with Gasteiger partial charge in [0.15, 0.2) is 0 Å². The Labute approximate surface area is 145 Å². The zero-order valence-corrected chi connectivity index (χ0v) is 14.8. The van der Waals surface area contributed by atoms with Crippen LogP contribution in [0.5, 0.6) is 0 Å². The number of hydrogen-bond acceptors (Lipinski definition) is 4. The summed E-state index contributed by atoms with van der Waals surface area (Å²) in [5.74, 6) is 0.891. The van der Waals surface area contributed by atoms with Crippen molar-refractivity contribution in [3.05, 3.63) is 24.2 Å². The second kappa shape index (κ2) is 8.50. The van der Waals surface area contributed by atoms with Crippen LogP contribution in [0.2, 0.25) is 0 Å². The molecule has 1 aromatic heterocycles. The maximum atomic E-state index is 8.98. The van der Waals surface area contributed by atoms with Gasteiger partial charge in [-0.1, -0.05) is 0 Å². The Morgan fingerprint density at radius 1 is 1.21 bits per heavy atom. The van der Waals surface area contributed by atoms with E-state index in [1.54, 1.807) is 6.26 Å². The van der Waals surface area contributed by atoms with Crippen molar-refractivity contribution >= 4 is 0 Å². The molecular formula is C20H33NO3. The van der Waals surface area contributed by atoms with Crippen molar-refractivity contribution in [3.63, 3.8) is 0 Å². The van der Waals surface area contributed by atoms with Gasteiger partial charge in [0.05, 0.1) is 37.9 Å². The third-order valence-electron chi connectivity index (χ3n) is 6.36. The van der Waals surface area contributed by atoms with Gasteiger partial charge in [-0.3, -0.25) is 0 Å². The minimum atomic E-state index is -0.230. The number of aliphatic hydroxyl groups excluding tert-OH is 1. The summed E-state index contributed by atoms with van der Waals surface area (Å²) in [4.78, 5) is 0. The zero-order chi connectivity index (χ0) is 16.8. The van der Waals surface area contributed by atoms with Crippen LogP contribution in [0.25, 0.3) is 0 Å². The third kappa shape index (κ3) is 4.84. The van der Waals surface area contributed by atoms with E-state index in [2.05, 4.69) is 6.07 Å². The van der Waals surface area contributed by atoms with Crippen molar-refractivity contribution in [2.75, 3.05) is 13.2 Å². The van der Waals surface area contributed by atoms with Gasteiger partial charge in [-0.05, 0) is 87.2 Å². The highest BCUT2D eigenvalue weighted by Crippen LogP contribution is 2.49. The van der Waals surface area contributed by atoms with Gasteiger partial charge in [0.1, 0.15) is 0 Å². The van der Waals surface area contributed by atoms with E-state index in [-0.39, 0.29) is 12.6 Å². The predicted molar refractivity (Wildman–Crippen MR) is 94.7 cm³/mol. The standard InChI is InChI=1S/C20H33NO3/c21-18(13-22)15-24-19-5-10-20(11-6-19)8-3-16(4-9-20)1-2-17-7-12-23-14-17/h7,12,14,16,18-19,22H,1-6,8-11,13,15,21H2. The average Bonchev–Trinajstić information content (AvgIpc) is 3.14. The van der Waals surface area contributed by atoms with Crippen LogP contribution in [0.3, 0.4) is 0 Å². The summed E-state index contributed by atoms with van der Waals surface area (Å²) in [5.41, 5.74) is 7.65. The van der Waals surface area contributed by atoms with Gasteiger partial charge in [0, 0.05) is 0 Å². The molecule has 1 atom stereocenters. The maximum Gasteiger partial charge on any atom is 0.0934 e. The quantitative estimate of drug-likeness (QED) is 0.798. The third-order valence-corrected chi connectivity index (χ3v) is 6.36. The molecule has 2 aliphatic rings. The van der Waals surface area contributed by atoms with E-state index in [9.17, 15) is 0 Å². The first-order valence-corrected chi connectivity index (χ1v) is 9.68. The molecule has 136 valence electrons. The molecule has 1 spiro atoms. The monoisotopic (exact) mass is 335 g/mol. The van der Waals surface area contributed by atoms with Crippen molar-refractivity contribution in [2.45, 2.75) is 76.4 Å². The first-order chi connectivity index (χ1) is 11.7. The summed E-state index contributed by atoms with van der Waals surface area (Å²) < 4.78 is 11.0. The number of furan rings is 1. The van der Waals surface area contributed by atoms with E-state index in [0.717, 1.165) is 25.2 Å². The molecule has 0 aliphatic heterocycles. The van der Waals surface area contributed by atoms with E-state index in [0.29, 0.717) is 18.1 Å².